The molecule has 20 heavy (non-hydrogen) atoms. The molecule has 1 aliphatic heterocycles. The molecule has 3 rings (SSSR count). The van der Waals surface area contributed by atoms with Crippen molar-refractivity contribution in [3.05, 3.63) is 28.7 Å². The highest BCUT2D eigenvalue weighted by molar-refractivity contribution is 9.10. The number of benzene rings is 1. The van der Waals surface area contributed by atoms with Crippen LogP contribution in [0.1, 0.15) is 44.9 Å². The van der Waals surface area contributed by atoms with E-state index in [1.165, 1.54) is 58.0 Å². The molecular formula is C17H24BrNO. The topological polar surface area (TPSA) is 12.5 Å². The van der Waals surface area contributed by atoms with Gasteiger partial charge in [0.15, 0.2) is 0 Å². The smallest absolute Gasteiger partial charge is 0.120 e. The first-order chi connectivity index (χ1) is 9.81. The molecule has 0 N–H and O–H groups in total. The Morgan fingerprint density at radius 2 is 1.75 bits per heavy atom. The van der Waals surface area contributed by atoms with E-state index in [0.29, 0.717) is 6.10 Å². The molecule has 0 aromatic heterocycles. The first-order valence-corrected chi connectivity index (χ1v) is 8.77. The summed E-state index contributed by atoms with van der Waals surface area (Å²) >= 11 is 3.50. The number of ether oxygens (including phenoxy) is 1. The molecule has 1 saturated heterocycles. The van der Waals surface area contributed by atoms with Gasteiger partial charge in [0.2, 0.25) is 0 Å². The summed E-state index contributed by atoms with van der Waals surface area (Å²) in [6.07, 6.45) is 9.86. The van der Waals surface area contributed by atoms with Gasteiger partial charge in [0.1, 0.15) is 11.9 Å². The van der Waals surface area contributed by atoms with E-state index in [1.807, 2.05) is 12.1 Å². The molecule has 0 atom stereocenters. The minimum Gasteiger partial charge on any atom is -0.490 e. The second-order valence-electron chi connectivity index (χ2n) is 6.10. The highest BCUT2D eigenvalue weighted by atomic mass is 79.9. The fourth-order valence-electron chi connectivity index (χ4n) is 3.54. The largest absolute Gasteiger partial charge is 0.490 e. The molecule has 110 valence electrons. The summed E-state index contributed by atoms with van der Waals surface area (Å²) in [5.74, 6) is 0.996. The van der Waals surface area contributed by atoms with Crippen LogP contribution in [-0.4, -0.2) is 30.1 Å². The third-order valence-electron chi connectivity index (χ3n) is 4.67. The summed E-state index contributed by atoms with van der Waals surface area (Å²) in [6, 6.07) is 9.05. The van der Waals surface area contributed by atoms with Crippen molar-refractivity contribution in [2.45, 2.75) is 57.1 Å². The molecule has 2 fully saturated rings. The van der Waals surface area contributed by atoms with Crippen LogP contribution in [0.2, 0.25) is 0 Å². The zero-order valence-electron chi connectivity index (χ0n) is 12.1. The Morgan fingerprint density at radius 3 is 2.45 bits per heavy atom. The standard InChI is InChI=1S/C17H24BrNO/c18-14-5-4-8-17(13-14)20-16-9-11-19(12-10-16)15-6-2-1-3-7-15/h4-5,8,13,15-16H,1-3,6-7,9-12H2. The molecule has 1 aromatic carbocycles. The van der Waals surface area contributed by atoms with Gasteiger partial charge in [-0.3, -0.25) is 0 Å². The monoisotopic (exact) mass is 337 g/mol. The predicted octanol–water partition coefficient (Wildman–Crippen LogP) is 4.63. The van der Waals surface area contributed by atoms with E-state index >= 15 is 0 Å². The molecule has 2 aliphatic rings. The number of hydrogen-bond donors (Lipinski definition) is 0. The third-order valence-corrected chi connectivity index (χ3v) is 5.16. The highest BCUT2D eigenvalue weighted by Crippen LogP contribution is 2.27. The minimum absolute atomic E-state index is 0.393. The van der Waals surface area contributed by atoms with Gasteiger partial charge in [-0.25, -0.2) is 0 Å². The fourth-order valence-corrected chi connectivity index (χ4v) is 3.92. The lowest BCUT2D eigenvalue weighted by Crippen LogP contribution is -2.44. The fraction of sp³-hybridized carbons (Fsp3) is 0.647. The zero-order chi connectivity index (χ0) is 13.8. The molecule has 2 nitrogen and oxygen atoms in total. The number of rotatable bonds is 3. The summed E-state index contributed by atoms with van der Waals surface area (Å²) < 4.78 is 7.21. The second-order valence-corrected chi connectivity index (χ2v) is 7.02. The van der Waals surface area contributed by atoms with Crippen LogP contribution < -0.4 is 4.74 Å². The van der Waals surface area contributed by atoms with Crippen LogP contribution in [-0.2, 0) is 0 Å². The maximum absolute atomic E-state index is 6.12. The number of nitrogens with zero attached hydrogens (tertiary/aromatic N) is 1. The number of piperidine rings is 1. The van der Waals surface area contributed by atoms with E-state index < -0.39 is 0 Å². The van der Waals surface area contributed by atoms with E-state index in [-0.39, 0.29) is 0 Å². The Hall–Kier alpha value is -0.540. The molecule has 1 heterocycles. The van der Waals surface area contributed by atoms with Gasteiger partial charge in [-0.2, -0.15) is 0 Å². The average molecular weight is 338 g/mol. The van der Waals surface area contributed by atoms with Crippen LogP contribution in [0.25, 0.3) is 0 Å². The predicted molar refractivity (Wildman–Crippen MR) is 86.2 cm³/mol. The summed E-state index contributed by atoms with van der Waals surface area (Å²) in [6.45, 7) is 2.42. The zero-order valence-corrected chi connectivity index (χ0v) is 13.6. The highest BCUT2D eigenvalue weighted by Gasteiger charge is 2.26. The van der Waals surface area contributed by atoms with Gasteiger partial charge < -0.3 is 9.64 Å². The first kappa shape index (κ1) is 14.4. The van der Waals surface area contributed by atoms with Crippen LogP contribution in [0.4, 0.5) is 0 Å². The van der Waals surface area contributed by atoms with Crippen LogP contribution in [0.5, 0.6) is 5.75 Å². The molecule has 3 heteroatoms. The van der Waals surface area contributed by atoms with Crippen molar-refractivity contribution in [2.24, 2.45) is 0 Å². The molecule has 1 aromatic rings. The van der Waals surface area contributed by atoms with E-state index in [0.717, 1.165) is 16.3 Å². The molecule has 1 saturated carbocycles. The Bertz CT molecular complexity index is 423. The molecule has 0 unspecified atom stereocenters. The molecule has 0 amide bonds. The summed E-state index contributed by atoms with van der Waals surface area (Å²) in [4.78, 5) is 2.71. The Morgan fingerprint density at radius 1 is 1.00 bits per heavy atom. The van der Waals surface area contributed by atoms with E-state index in [4.69, 9.17) is 4.74 Å². The maximum atomic E-state index is 6.12. The van der Waals surface area contributed by atoms with Crippen molar-refractivity contribution < 1.29 is 4.74 Å². The maximum Gasteiger partial charge on any atom is 0.120 e. The summed E-state index contributed by atoms with van der Waals surface area (Å²) in [5.41, 5.74) is 0. The lowest BCUT2D eigenvalue weighted by Gasteiger charge is -2.39. The van der Waals surface area contributed by atoms with Crippen LogP contribution in [0, 0.1) is 0 Å². The van der Waals surface area contributed by atoms with Crippen molar-refractivity contribution in [3.8, 4) is 5.75 Å². The van der Waals surface area contributed by atoms with E-state index in [1.54, 1.807) is 0 Å². The van der Waals surface area contributed by atoms with Crippen molar-refractivity contribution in [3.63, 3.8) is 0 Å². The number of likely N-dealkylation sites (tertiary alicyclic amines) is 1. The second kappa shape index (κ2) is 6.95. The van der Waals surface area contributed by atoms with Crippen molar-refractivity contribution in [1.29, 1.82) is 0 Å². The molecule has 0 bridgehead atoms. The van der Waals surface area contributed by atoms with Crippen molar-refractivity contribution >= 4 is 15.9 Å². The third kappa shape index (κ3) is 3.76. The lowest BCUT2D eigenvalue weighted by atomic mass is 9.92. The van der Waals surface area contributed by atoms with Gasteiger partial charge in [-0.15, -0.1) is 0 Å². The number of halogens is 1. The van der Waals surface area contributed by atoms with Crippen LogP contribution >= 0.6 is 15.9 Å². The van der Waals surface area contributed by atoms with Gasteiger partial charge in [-0.1, -0.05) is 41.3 Å². The summed E-state index contributed by atoms with van der Waals surface area (Å²) in [5, 5.41) is 0. The molecule has 0 radical (unpaired) electrons. The van der Waals surface area contributed by atoms with Gasteiger partial charge >= 0.3 is 0 Å². The van der Waals surface area contributed by atoms with Crippen molar-refractivity contribution in [1.82, 2.24) is 4.90 Å². The van der Waals surface area contributed by atoms with Gasteiger partial charge in [0.25, 0.3) is 0 Å². The summed E-state index contributed by atoms with van der Waals surface area (Å²) in [7, 11) is 0. The Balaban J connectivity index is 1.48. The minimum atomic E-state index is 0.393. The van der Waals surface area contributed by atoms with Crippen LogP contribution in [0.15, 0.2) is 28.7 Å². The Labute approximate surface area is 130 Å². The normalized spacial score (nSPS) is 22.9. The SMILES string of the molecule is Brc1cccc(OC2CCN(C3CCCCC3)CC2)c1. The quantitative estimate of drug-likeness (QED) is 0.797. The number of hydrogen-bond acceptors (Lipinski definition) is 2. The Kier molecular flexibility index (Phi) is 5.00. The van der Waals surface area contributed by atoms with E-state index in [9.17, 15) is 0 Å². The molecule has 1 aliphatic carbocycles. The van der Waals surface area contributed by atoms with E-state index in [2.05, 4.69) is 33.0 Å². The molecule has 0 spiro atoms. The molecular weight excluding hydrogens is 314 g/mol. The van der Waals surface area contributed by atoms with Gasteiger partial charge in [0.05, 0.1) is 0 Å². The average Bonchev–Trinajstić information content (AvgIpc) is 2.49. The lowest BCUT2D eigenvalue weighted by molar-refractivity contribution is 0.0630. The van der Waals surface area contributed by atoms with Crippen molar-refractivity contribution in [2.75, 3.05) is 13.1 Å². The van der Waals surface area contributed by atoms with Gasteiger partial charge in [0, 0.05) is 23.6 Å². The van der Waals surface area contributed by atoms with Gasteiger partial charge in [-0.05, 0) is 43.9 Å². The van der Waals surface area contributed by atoms with Crippen LogP contribution in [0.3, 0.4) is 0 Å². The first-order valence-electron chi connectivity index (χ1n) is 7.97.